The summed E-state index contributed by atoms with van der Waals surface area (Å²) in [6.07, 6.45) is 0. The summed E-state index contributed by atoms with van der Waals surface area (Å²) < 4.78 is 8.75. The smallest absolute Gasteiger partial charge is 0.341 e. The Morgan fingerprint density at radius 3 is 1.39 bits per heavy atom. The number of hydrogen-bond acceptors (Lipinski definition) is 6. The van der Waals surface area contributed by atoms with Gasteiger partial charge in [-0.05, 0) is 12.1 Å². The van der Waals surface area contributed by atoms with Crippen molar-refractivity contribution in [2.45, 2.75) is 13.8 Å². The van der Waals surface area contributed by atoms with Crippen LogP contribution < -0.4 is 0 Å². The first-order valence-electron chi connectivity index (χ1n) is 5.24. The van der Waals surface area contributed by atoms with E-state index in [1.165, 1.54) is 0 Å². The second-order valence-corrected chi connectivity index (χ2v) is 2.84. The van der Waals surface area contributed by atoms with Crippen molar-refractivity contribution >= 4 is 11.9 Å². The topological polar surface area (TPSA) is 93.1 Å². The summed E-state index contributed by atoms with van der Waals surface area (Å²) in [6.45, 7) is 4.00. The SMILES string of the molecule is CC.COC(=O)c1ccc(C(=O)OC)c(O)c1O. The number of rotatable bonds is 2. The lowest BCUT2D eigenvalue weighted by Crippen LogP contribution is -2.05. The van der Waals surface area contributed by atoms with Gasteiger partial charge in [0.2, 0.25) is 0 Å². The molecule has 100 valence electrons. The molecule has 1 aromatic rings. The molecule has 0 aromatic heterocycles. The Hall–Kier alpha value is -2.24. The quantitative estimate of drug-likeness (QED) is 0.618. The number of carbonyl (C=O) groups is 2. The molecule has 0 amide bonds. The number of phenols is 2. The highest BCUT2D eigenvalue weighted by Gasteiger charge is 2.21. The first-order valence-corrected chi connectivity index (χ1v) is 5.24. The second-order valence-electron chi connectivity index (χ2n) is 2.84. The van der Waals surface area contributed by atoms with Gasteiger partial charge in [0, 0.05) is 0 Å². The van der Waals surface area contributed by atoms with Crippen LogP contribution in [0.5, 0.6) is 11.5 Å². The van der Waals surface area contributed by atoms with E-state index in [4.69, 9.17) is 0 Å². The van der Waals surface area contributed by atoms with Crippen LogP contribution in [-0.2, 0) is 9.47 Å². The number of benzene rings is 1. The van der Waals surface area contributed by atoms with E-state index in [1.807, 2.05) is 13.8 Å². The van der Waals surface area contributed by atoms with Crippen LogP contribution >= 0.6 is 0 Å². The van der Waals surface area contributed by atoms with E-state index >= 15 is 0 Å². The van der Waals surface area contributed by atoms with E-state index in [0.717, 1.165) is 26.4 Å². The van der Waals surface area contributed by atoms with Crippen molar-refractivity contribution in [3.8, 4) is 11.5 Å². The number of esters is 2. The molecule has 0 unspecified atom stereocenters. The molecule has 0 heterocycles. The standard InChI is InChI=1S/C10H10O6.C2H6/c1-15-9(13)5-3-4-6(10(14)16-2)8(12)7(5)11;1-2/h3-4,11-12H,1-2H3;1-2H3. The third kappa shape index (κ3) is 3.13. The first kappa shape index (κ1) is 15.8. The second kappa shape index (κ2) is 7.16. The minimum atomic E-state index is -0.816. The number of carbonyl (C=O) groups excluding carboxylic acids is 2. The van der Waals surface area contributed by atoms with Gasteiger partial charge in [0.15, 0.2) is 11.5 Å². The molecule has 0 aliphatic carbocycles. The minimum absolute atomic E-state index is 0.229. The largest absolute Gasteiger partial charge is 0.504 e. The summed E-state index contributed by atoms with van der Waals surface area (Å²) in [6, 6.07) is 2.32. The molecule has 6 nitrogen and oxygen atoms in total. The minimum Gasteiger partial charge on any atom is -0.504 e. The van der Waals surface area contributed by atoms with E-state index in [1.54, 1.807) is 0 Å². The van der Waals surface area contributed by atoms with Crippen molar-refractivity contribution in [3.63, 3.8) is 0 Å². The molecule has 2 N–H and O–H groups in total. The fourth-order valence-corrected chi connectivity index (χ4v) is 1.13. The fourth-order valence-electron chi connectivity index (χ4n) is 1.13. The van der Waals surface area contributed by atoms with E-state index in [0.29, 0.717) is 0 Å². The maximum atomic E-state index is 11.1. The number of aromatic hydroxyl groups is 2. The molecule has 0 bridgehead atoms. The van der Waals surface area contributed by atoms with Gasteiger partial charge in [0.1, 0.15) is 11.1 Å². The van der Waals surface area contributed by atoms with E-state index in [9.17, 15) is 19.8 Å². The van der Waals surface area contributed by atoms with Gasteiger partial charge in [0.25, 0.3) is 0 Å². The Balaban J connectivity index is 0.00000137. The summed E-state index contributed by atoms with van der Waals surface area (Å²) in [4.78, 5) is 22.3. The van der Waals surface area contributed by atoms with Gasteiger partial charge in [-0.25, -0.2) is 9.59 Å². The maximum absolute atomic E-state index is 11.1. The molecule has 0 spiro atoms. The van der Waals surface area contributed by atoms with Crippen LogP contribution in [0.4, 0.5) is 0 Å². The summed E-state index contributed by atoms with van der Waals surface area (Å²) in [5, 5.41) is 18.9. The predicted octanol–water partition coefficient (Wildman–Crippen LogP) is 1.70. The highest BCUT2D eigenvalue weighted by atomic mass is 16.5. The molecule has 1 rings (SSSR count). The van der Waals surface area contributed by atoms with Crippen LogP contribution in [0.3, 0.4) is 0 Å². The van der Waals surface area contributed by atoms with Crippen LogP contribution in [0, 0.1) is 0 Å². The predicted molar refractivity (Wildman–Crippen MR) is 63.8 cm³/mol. The van der Waals surface area contributed by atoms with Crippen molar-refractivity contribution in [1.29, 1.82) is 0 Å². The lowest BCUT2D eigenvalue weighted by atomic mass is 10.1. The lowest BCUT2D eigenvalue weighted by molar-refractivity contribution is 0.0580. The number of ether oxygens (including phenoxy) is 2. The molecule has 6 heteroatoms. The number of methoxy groups -OCH3 is 2. The number of hydrogen-bond donors (Lipinski definition) is 2. The lowest BCUT2D eigenvalue weighted by Gasteiger charge is -2.07. The highest BCUT2D eigenvalue weighted by Crippen LogP contribution is 2.33. The van der Waals surface area contributed by atoms with Gasteiger partial charge in [-0.15, -0.1) is 0 Å². The molecule has 0 radical (unpaired) electrons. The maximum Gasteiger partial charge on any atom is 0.341 e. The van der Waals surface area contributed by atoms with Crippen LogP contribution in [0.1, 0.15) is 34.6 Å². The van der Waals surface area contributed by atoms with Gasteiger partial charge in [-0.2, -0.15) is 0 Å². The fraction of sp³-hybridized carbons (Fsp3) is 0.333. The Morgan fingerprint density at radius 2 is 1.17 bits per heavy atom. The Bertz CT molecular complexity index is 397. The van der Waals surface area contributed by atoms with Crippen molar-refractivity contribution < 1.29 is 29.3 Å². The zero-order valence-electron chi connectivity index (χ0n) is 10.7. The Morgan fingerprint density at radius 1 is 0.889 bits per heavy atom. The van der Waals surface area contributed by atoms with Gasteiger partial charge in [-0.1, -0.05) is 13.8 Å². The highest BCUT2D eigenvalue weighted by molar-refractivity contribution is 5.98. The molecule has 0 saturated carbocycles. The van der Waals surface area contributed by atoms with E-state index in [-0.39, 0.29) is 11.1 Å². The van der Waals surface area contributed by atoms with E-state index in [2.05, 4.69) is 9.47 Å². The summed E-state index contributed by atoms with van der Waals surface area (Å²) in [5.41, 5.74) is -0.458. The van der Waals surface area contributed by atoms with Crippen molar-refractivity contribution in [2.75, 3.05) is 14.2 Å². The van der Waals surface area contributed by atoms with Crippen molar-refractivity contribution in [1.82, 2.24) is 0 Å². The molecule has 0 saturated heterocycles. The molecular weight excluding hydrogens is 240 g/mol. The number of phenolic OH excluding ortho intramolecular Hbond substituents is 2. The first-order chi connectivity index (χ1) is 8.52. The van der Waals surface area contributed by atoms with Crippen LogP contribution in [0.25, 0.3) is 0 Å². The molecular formula is C12H16O6. The monoisotopic (exact) mass is 256 g/mol. The zero-order chi connectivity index (χ0) is 14.3. The molecule has 0 aliphatic rings. The Labute approximate surface area is 105 Å². The van der Waals surface area contributed by atoms with Crippen molar-refractivity contribution in [2.24, 2.45) is 0 Å². The molecule has 0 fully saturated rings. The normalized spacial score (nSPS) is 8.89. The van der Waals surface area contributed by atoms with Gasteiger partial charge in [0.05, 0.1) is 14.2 Å². The van der Waals surface area contributed by atoms with E-state index < -0.39 is 23.4 Å². The van der Waals surface area contributed by atoms with Crippen LogP contribution in [-0.4, -0.2) is 36.4 Å². The molecule has 0 aliphatic heterocycles. The average molecular weight is 256 g/mol. The summed E-state index contributed by atoms with van der Waals surface area (Å²) in [7, 11) is 2.26. The van der Waals surface area contributed by atoms with Gasteiger partial charge in [-0.3, -0.25) is 0 Å². The van der Waals surface area contributed by atoms with Crippen LogP contribution in [0.15, 0.2) is 12.1 Å². The zero-order valence-corrected chi connectivity index (χ0v) is 10.7. The summed E-state index contributed by atoms with van der Waals surface area (Å²) in [5.74, 6) is -3.06. The summed E-state index contributed by atoms with van der Waals surface area (Å²) >= 11 is 0. The average Bonchev–Trinajstić information content (AvgIpc) is 2.42. The van der Waals surface area contributed by atoms with Crippen molar-refractivity contribution in [3.05, 3.63) is 23.3 Å². The third-order valence-electron chi connectivity index (χ3n) is 1.96. The molecule has 0 atom stereocenters. The van der Waals surface area contributed by atoms with Gasteiger partial charge >= 0.3 is 11.9 Å². The van der Waals surface area contributed by atoms with Gasteiger partial charge < -0.3 is 19.7 Å². The third-order valence-corrected chi connectivity index (χ3v) is 1.96. The molecule has 18 heavy (non-hydrogen) atoms. The Kier molecular flexibility index (Phi) is 6.27. The molecule has 1 aromatic carbocycles. The van der Waals surface area contributed by atoms with Crippen LogP contribution in [0.2, 0.25) is 0 Å².